The summed E-state index contributed by atoms with van der Waals surface area (Å²) in [6, 6.07) is 0. The average Bonchev–Trinajstić information content (AvgIpc) is 0. The fourth-order valence-corrected chi connectivity index (χ4v) is 0. The van der Waals surface area contributed by atoms with Crippen LogP contribution in [-0.2, 0) is 0 Å². The molecular formula is H13GeNSiTe. The Kier molecular flexibility index (Phi) is 300. The topological polar surface area (TPSA) is 35.0 Å². The van der Waals surface area contributed by atoms with Crippen LogP contribution < -0.4 is 6.15 Å². The molecule has 0 fully saturated rings. The first-order chi connectivity index (χ1) is 0. The van der Waals surface area contributed by atoms with Gasteiger partial charge in [-0.25, -0.2) is 0 Å². The second-order valence-corrected chi connectivity index (χ2v) is 0. The van der Waals surface area contributed by atoms with Crippen LogP contribution in [0.4, 0.5) is 0 Å². The molecule has 0 aliphatic carbocycles. The molecule has 0 saturated carbocycles. The van der Waals surface area contributed by atoms with E-state index in [0.717, 1.165) is 0 Å². The summed E-state index contributed by atoms with van der Waals surface area (Å²) in [4.78, 5) is 0. The predicted molar refractivity (Wildman–Crippen MR) is 36.2 cm³/mol. The summed E-state index contributed by atoms with van der Waals surface area (Å²) in [6.07, 6.45) is 0. The van der Waals surface area contributed by atoms with E-state index in [0.29, 0.717) is 0 Å². The van der Waals surface area contributed by atoms with Crippen LogP contribution in [0.2, 0.25) is 0 Å². The van der Waals surface area contributed by atoms with E-state index in [1.807, 2.05) is 0 Å². The van der Waals surface area contributed by atoms with Gasteiger partial charge in [0.05, 0.1) is 0 Å². The average molecular weight is 255 g/mol. The van der Waals surface area contributed by atoms with Crippen molar-refractivity contribution in [3.63, 3.8) is 0 Å². The van der Waals surface area contributed by atoms with E-state index in [4.69, 9.17) is 0 Å². The van der Waals surface area contributed by atoms with Gasteiger partial charge in [0, 0.05) is 0 Å². The molecule has 0 spiro atoms. The normalized spacial score (nSPS) is 0. The van der Waals surface area contributed by atoms with Crippen molar-refractivity contribution in [1.82, 2.24) is 6.15 Å². The van der Waals surface area contributed by atoms with Crippen molar-refractivity contribution in [1.29, 1.82) is 0 Å². The van der Waals surface area contributed by atoms with Crippen LogP contribution in [0.5, 0.6) is 0 Å². The number of rotatable bonds is 0. The van der Waals surface area contributed by atoms with Gasteiger partial charge in [-0.2, -0.15) is 0 Å². The third kappa shape index (κ3) is 9.70. The molecule has 0 atom stereocenters. The molecule has 4 heteroatoms. The van der Waals surface area contributed by atoms with Crippen LogP contribution in [0, 0.1) is 0 Å². The minimum absolute atomic E-state index is 0. The molecule has 4 heavy (non-hydrogen) atoms. The van der Waals surface area contributed by atoms with Crippen molar-refractivity contribution in [2.75, 3.05) is 0 Å². The monoisotopic (exact) mass is 259 g/mol. The van der Waals surface area contributed by atoms with E-state index in [-0.39, 0.29) is 58.4 Å². The van der Waals surface area contributed by atoms with E-state index in [1.165, 1.54) is 0 Å². The Morgan fingerprint density at radius 2 is 1.00 bits per heavy atom. The fourth-order valence-electron chi connectivity index (χ4n) is 0. The zero-order valence-corrected chi connectivity index (χ0v) is 4.06. The van der Waals surface area contributed by atoms with E-state index < -0.39 is 0 Å². The molecule has 0 saturated heterocycles. The van der Waals surface area contributed by atoms with E-state index >= 15 is 0 Å². The first kappa shape index (κ1) is 49.2. The van der Waals surface area contributed by atoms with Gasteiger partial charge in [-0.15, -0.1) is 0 Å². The third-order valence-corrected chi connectivity index (χ3v) is 0. The summed E-state index contributed by atoms with van der Waals surface area (Å²) in [7, 11) is 0. The van der Waals surface area contributed by atoms with Crippen molar-refractivity contribution in [2.24, 2.45) is 0 Å². The zero-order valence-electron chi connectivity index (χ0n) is 1.21. The third-order valence-electron chi connectivity index (χ3n) is 0. The van der Waals surface area contributed by atoms with Gasteiger partial charge < -0.3 is 6.15 Å². The predicted octanol–water partition coefficient (Wildman–Crippen LogP) is -3.66. The Morgan fingerprint density at radius 3 is 1.00 bits per heavy atom. The first-order valence-corrected chi connectivity index (χ1v) is 0. The fraction of sp³-hybridized carbons (Fsp3) is 0. The Balaban J connectivity index is 0. The Hall–Kier alpha value is 1.51. The molecular weight excluding hydrogens is 242 g/mol. The van der Waals surface area contributed by atoms with Gasteiger partial charge in [0.25, 0.3) is 0 Å². The van der Waals surface area contributed by atoms with Gasteiger partial charge in [-0.3, -0.25) is 0 Å². The van der Waals surface area contributed by atoms with Crippen molar-refractivity contribution < 1.29 is 0 Å². The number of hydrogen-bond acceptors (Lipinski definition) is 1. The van der Waals surface area contributed by atoms with Crippen LogP contribution in [0.1, 0.15) is 0 Å². The molecule has 3 N–H and O–H groups in total. The molecule has 0 rings (SSSR count). The Morgan fingerprint density at radius 1 is 1.00 bits per heavy atom. The maximum atomic E-state index is 0. The van der Waals surface area contributed by atoms with Crippen molar-refractivity contribution in [3.05, 3.63) is 0 Å². The van der Waals surface area contributed by atoms with Crippen LogP contribution >= 0.6 is 0 Å². The molecule has 0 amide bonds. The van der Waals surface area contributed by atoms with Crippen molar-refractivity contribution in [2.45, 2.75) is 0 Å². The second-order valence-electron chi connectivity index (χ2n) is 0. The molecule has 0 aromatic heterocycles. The summed E-state index contributed by atoms with van der Waals surface area (Å²) >= 11 is 0. The van der Waals surface area contributed by atoms with Crippen molar-refractivity contribution >= 4 is 52.2 Å². The van der Waals surface area contributed by atoms with Gasteiger partial charge in [0.1, 0.15) is 0 Å². The Labute approximate surface area is 58.2 Å². The van der Waals surface area contributed by atoms with Crippen LogP contribution in [0.25, 0.3) is 0 Å². The zero-order chi connectivity index (χ0) is 0. The molecule has 0 aliphatic heterocycles. The summed E-state index contributed by atoms with van der Waals surface area (Å²) in [6.45, 7) is 0. The molecule has 0 heterocycles. The molecule has 0 aromatic carbocycles. The molecule has 0 radical (unpaired) electrons. The van der Waals surface area contributed by atoms with Gasteiger partial charge >= 0.3 is 41.3 Å². The molecule has 32 valence electrons. The van der Waals surface area contributed by atoms with E-state index in [1.54, 1.807) is 0 Å². The summed E-state index contributed by atoms with van der Waals surface area (Å²) in [5, 5.41) is 0. The van der Waals surface area contributed by atoms with Crippen LogP contribution in [0.15, 0.2) is 0 Å². The summed E-state index contributed by atoms with van der Waals surface area (Å²) in [5.74, 6) is 0. The number of hydrogen-bond donors (Lipinski definition) is 1. The molecule has 0 unspecified atom stereocenters. The maximum absolute atomic E-state index is 0. The molecule has 1 nitrogen and oxygen atoms in total. The summed E-state index contributed by atoms with van der Waals surface area (Å²) < 4.78 is 0. The SMILES string of the molecule is N.[GeH4].[SiH4].[TeH2]. The van der Waals surface area contributed by atoms with Crippen LogP contribution in [-0.4, -0.2) is 52.2 Å². The first-order valence-electron chi connectivity index (χ1n) is 0. The molecule has 0 aromatic rings. The molecule has 0 bridgehead atoms. The second kappa shape index (κ2) is 24.4. The van der Waals surface area contributed by atoms with Gasteiger partial charge in [0.15, 0.2) is 0 Å². The van der Waals surface area contributed by atoms with E-state index in [9.17, 15) is 0 Å². The quantitative estimate of drug-likeness (QED) is 0.445. The molecule has 0 aliphatic rings. The standard InChI is InChI=1S/GeH4.H3N.H4Si.H2Te/h1H4;1H3;1H4;1H2. The van der Waals surface area contributed by atoms with Crippen molar-refractivity contribution in [3.8, 4) is 0 Å². The minimum atomic E-state index is 0. The van der Waals surface area contributed by atoms with Gasteiger partial charge in [-0.05, 0) is 11.0 Å². The Bertz CT molecular complexity index is 8.00. The summed E-state index contributed by atoms with van der Waals surface area (Å²) in [5.41, 5.74) is 0. The van der Waals surface area contributed by atoms with Gasteiger partial charge in [0.2, 0.25) is 0 Å². The van der Waals surface area contributed by atoms with Crippen LogP contribution in [0.3, 0.4) is 0 Å². The van der Waals surface area contributed by atoms with Gasteiger partial charge in [-0.1, -0.05) is 0 Å². The van der Waals surface area contributed by atoms with E-state index in [2.05, 4.69) is 0 Å².